The van der Waals surface area contributed by atoms with Gasteiger partial charge in [-0.15, -0.1) is 0 Å². The second kappa shape index (κ2) is 6.21. The molecule has 0 saturated heterocycles. The molecule has 2 rings (SSSR count). The highest BCUT2D eigenvalue weighted by atomic mass is 79.9. The number of aromatic nitrogens is 2. The van der Waals surface area contributed by atoms with E-state index in [9.17, 15) is 5.11 Å². The predicted molar refractivity (Wildman–Crippen MR) is 77.0 cm³/mol. The van der Waals surface area contributed by atoms with Crippen molar-refractivity contribution in [3.63, 3.8) is 0 Å². The number of rotatable bonds is 5. The number of nitrogens with zero attached hydrogens (tertiary/aromatic N) is 2. The van der Waals surface area contributed by atoms with Gasteiger partial charge in [-0.25, -0.2) is 4.98 Å². The molecule has 0 aliphatic carbocycles. The minimum atomic E-state index is -0.566. The van der Waals surface area contributed by atoms with Gasteiger partial charge in [-0.05, 0) is 32.0 Å². The molecule has 1 atom stereocenters. The Hall–Kier alpha value is -1.33. The molecule has 0 spiro atoms. The molecular weight excluding hydrogens is 308 g/mol. The Morgan fingerprint density at radius 2 is 2.26 bits per heavy atom. The van der Waals surface area contributed by atoms with E-state index in [0.29, 0.717) is 12.4 Å². The molecule has 1 aromatic carbocycles. The van der Waals surface area contributed by atoms with Crippen molar-refractivity contribution in [2.75, 3.05) is 0 Å². The molecule has 0 amide bonds. The van der Waals surface area contributed by atoms with E-state index in [1.165, 1.54) is 0 Å². The van der Waals surface area contributed by atoms with Gasteiger partial charge in [0.25, 0.3) is 0 Å². The lowest BCUT2D eigenvalue weighted by Crippen LogP contribution is -2.05. The van der Waals surface area contributed by atoms with Crippen LogP contribution in [0.4, 0.5) is 0 Å². The second-order valence-corrected chi connectivity index (χ2v) is 5.23. The zero-order valence-electron chi connectivity index (χ0n) is 11.0. The van der Waals surface area contributed by atoms with Crippen molar-refractivity contribution in [3.05, 3.63) is 46.5 Å². The maximum atomic E-state index is 9.77. The van der Waals surface area contributed by atoms with Gasteiger partial charge in [0, 0.05) is 16.6 Å². The summed E-state index contributed by atoms with van der Waals surface area (Å²) in [7, 11) is 0. The van der Waals surface area contributed by atoms with Crippen LogP contribution in [0, 0.1) is 0 Å². The molecule has 0 saturated carbocycles. The monoisotopic (exact) mass is 324 g/mol. The quantitative estimate of drug-likeness (QED) is 0.917. The normalized spacial score (nSPS) is 12.4. The first-order valence-electron chi connectivity index (χ1n) is 6.21. The molecule has 4 nitrogen and oxygen atoms in total. The maximum Gasteiger partial charge on any atom is 0.130 e. The Bertz CT molecular complexity index is 552. The Morgan fingerprint density at radius 3 is 2.95 bits per heavy atom. The van der Waals surface area contributed by atoms with Gasteiger partial charge in [0.05, 0.1) is 24.3 Å². The molecular formula is C14H17BrN2O2. The lowest BCUT2D eigenvalue weighted by atomic mass is 10.1. The SMILES string of the molecule is CCn1cncc1COc1ccc(Br)cc1C(C)O. The summed E-state index contributed by atoms with van der Waals surface area (Å²) in [5.41, 5.74) is 1.79. The van der Waals surface area contributed by atoms with Gasteiger partial charge < -0.3 is 14.4 Å². The minimum absolute atomic E-state index is 0.440. The van der Waals surface area contributed by atoms with E-state index in [2.05, 4.69) is 27.8 Å². The van der Waals surface area contributed by atoms with Gasteiger partial charge in [0.15, 0.2) is 0 Å². The molecule has 0 aliphatic heterocycles. The lowest BCUT2D eigenvalue weighted by Gasteiger charge is -2.14. The van der Waals surface area contributed by atoms with Crippen LogP contribution in [-0.2, 0) is 13.2 Å². The van der Waals surface area contributed by atoms with Crippen LogP contribution in [-0.4, -0.2) is 14.7 Å². The number of imidazole rings is 1. The van der Waals surface area contributed by atoms with Crippen LogP contribution in [0.3, 0.4) is 0 Å². The fraction of sp³-hybridized carbons (Fsp3) is 0.357. The summed E-state index contributed by atoms with van der Waals surface area (Å²) in [6, 6.07) is 5.63. The Kier molecular flexibility index (Phi) is 4.61. The molecule has 19 heavy (non-hydrogen) atoms. The standard InChI is InChI=1S/C14H17BrN2O2/c1-3-17-9-16-7-12(17)8-19-14-5-4-11(15)6-13(14)10(2)18/h4-7,9-10,18H,3,8H2,1-2H3. The van der Waals surface area contributed by atoms with E-state index in [-0.39, 0.29) is 0 Å². The third kappa shape index (κ3) is 3.36. The average Bonchev–Trinajstić information content (AvgIpc) is 2.84. The van der Waals surface area contributed by atoms with Crippen LogP contribution in [0.25, 0.3) is 0 Å². The third-order valence-corrected chi connectivity index (χ3v) is 3.43. The number of ether oxygens (including phenoxy) is 1. The van der Waals surface area contributed by atoms with Gasteiger partial charge >= 0.3 is 0 Å². The highest BCUT2D eigenvalue weighted by molar-refractivity contribution is 9.10. The Labute approximate surface area is 121 Å². The number of hydrogen-bond donors (Lipinski definition) is 1. The van der Waals surface area contributed by atoms with Crippen LogP contribution in [0.5, 0.6) is 5.75 Å². The number of benzene rings is 1. The van der Waals surface area contributed by atoms with Crippen molar-refractivity contribution in [2.45, 2.75) is 33.1 Å². The molecule has 1 N–H and O–H groups in total. The largest absolute Gasteiger partial charge is 0.487 e. The number of halogens is 1. The second-order valence-electron chi connectivity index (χ2n) is 4.32. The van der Waals surface area contributed by atoms with Crippen molar-refractivity contribution in [2.24, 2.45) is 0 Å². The summed E-state index contributed by atoms with van der Waals surface area (Å²) in [6.07, 6.45) is 3.02. The Balaban J connectivity index is 2.15. The topological polar surface area (TPSA) is 47.3 Å². The van der Waals surface area contributed by atoms with Crippen molar-refractivity contribution in [3.8, 4) is 5.75 Å². The summed E-state index contributed by atoms with van der Waals surface area (Å²) in [5, 5.41) is 9.77. The van der Waals surface area contributed by atoms with Crippen molar-refractivity contribution in [1.82, 2.24) is 9.55 Å². The summed E-state index contributed by atoms with van der Waals surface area (Å²) in [6.45, 7) is 5.09. The van der Waals surface area contributed by atoms with E-state index >= 15 is 0 Å². The van der Waals surface area contributed by atoms with Gasteiger partial charge in [-0.2, -0.15) is 0 Å². The smallest absolute Gasteiger partial charge is 0.130 e. The molecule has 0 aliphatic rings. The summed E-state index contributed by atoms with van der Waals surface area (Å²) in [4.78, 5) is 4.10. The molecule has 2 aromatic rings. The van der Waals surface area contributed by atoms with Crippen LogP contribution in [0.2, 0.25) is 0 Å². The van der Waals surface area contributed by atoms with Crippen molar-refractivity contribution in [1.29, 1.82) is 0 Å². The van der Waals surface area contributed by atoms with E-state index in [1.807, 2.05) is 22.8 Å². The third-order valence-electron chi connectivity index (χ3n) is 2.94. The average molecular weight is 325 g/mol. The minimum Gasteiger partial charge on any atom is -0.487 e. The zero-order chi connectivity index (χ0) is 13.8. The summed E-state index contributed by atoms with van der Waals surface area (Å²) >= 11 is 3.40. The van der Waals surface area contributed by atoms with Crippen LogP contribution in [0.1, 0.15) is 31.2 Å². The van der Waals surface area contributed by atoms with E-state index in [0.717, 1.165) is 22.3 Å². The van der Waals surface area contributed by atoms with E-state index in [4.69, 9.17) is 4.74 Å². The highest BCUT2D eigenvalue weighted by Crippen LogP contribution is 2.29. The van der Waals surface area contributed by atoms with Crippen LogP contribution >= 0.6 is 15.9 Å². The lowest BCUT2D eigenvalue weighted by molar-refractivity contribution is 0.189. The molecule has 102 valence electrons. The molecule has 1 unspecified atom stereocenters. The molecule has 5 heteroatoms. The molecule has 1 aromatic heterocycles. The number of aliphatic hydroxyl groups excluding tert-OH is 1. The molecule has 0 bridgehead atoms. The summed E-state index contributed by atoms with van der Waals surface area (Å²) in [5.74, 6) is 0.696. The van der Waals surface area contributed by atoms with E-state index < -0.39 is 6.10 Å². The molecule has 1 heterocycles. The number of hydrogen-bond acceptors (Lipinski definition) is 3. The van der Waals surface area contributed by atoms with Crippen molar-refractivity contribution >= 4 is 15.9 Å². The van der Waals surface area contributed by atoms with Crippen LogP contribution < -0.4 is 4.74 Å². The van der Waals surface area contributed by atoms with E-state index in [1.54, 1.807) is 19.4 Å². The van der Waals surface area contributed by atoms with Crippen molar-refractivity contribution < 1.29 is 9.84 Å². The first-order chi connectivity index (χ1) is 9.11. The fourth-order valence-corrected chi connectivity index (χ4v) is 2.26. The van der Waals surface area contributed by atoms with Gasteiger partial charge in [-0.1, -0.05) is 15.9 Å². The first kappa shape index (κ1) is 14.1. The zero-order valence-corrected chi connectivity index (χ0v) is 12.6. The fourth-order valence-electron chi connectivity index (χ4n) is 1.88. The number of aryl methyl sites for hydroxylation is 1. The van der Waals surface area contributed by atoms with Gasteiger partial charge in [-0.3, -0.25) is 0 Å². The van der Waals surface area contributed by atoms with Gasteiger partial charge in [0.2, 0.25) is 0 Å². The maximum absolute atomic E-state index is 9.77. The number of aliphatic hydroxyl groups is 1. The first-order valence-corrected chi connectivity index (χ1v) is 7.00. The van der Waals surface area contributed by atoms with Gasteiger partial charge in [0.1, 0.15) is 12.4 Å². The highest BCUT2D eigenvalue weighted by Gasteiger charge is 2.11. The Morgan fingerprint density at radius 1 is 1.47 bits per heavy atom. The van der Waals surface area contributed by atoms with Crippen LogP contribution in [0.15, 0.2) is 35.2 Å². The molecule has 0 radical (unpaired) electrons. The predicted octanol–water partition coefficient (Wildman–Crippen LogP) is 3.30. The molecule has 0 fully saturated rings. The summed E-state index contributed by atoms with van der Waals surface area (Å²) < 4.78 is 8.75.